The lowest BCUT2D eigenvalue weighted by Gasteiger charge is -2.27. The first-order valence-corrected chi connectivity index (χ1v) is 22.7. The van der Waals surface area contributed by atoms with E-state index in [4.69, 9.17) is 4.42 Å². The van der Waals surface area contributed by atoms with Crippen molar-refractivity contribution in [1.29, 1.82) is 0 Å². The van der Waals surface area contributed by atoms with Gasteiger partial charge in [0.25, 0.3) is 16.0 Å². The summed E-state index contributed by atoms with van der Waals surface area (Å²) in [7, 11) is -4.63. The number of hydrogen-bond donors (Lipinski definition) is 3. The van der Waals surface area contributed by atoms with E-state index in [0.29, 0.717) is 74.0 Å². The van der Waals surface area contributed by atoms with Crippen LogP contribution < -0.4 is 25.5 Å². The van der Waals surface area contributed by atoms with Gasteiger partial charge in [-0.15, -0.1) is 0 Å². The van der Waals surface area contributed by atoms with E-state index in [-0.39, 0.29) is 24.8 Å². The Hall–Kier alpha value is -5.08. The highest BCUT2D eigenvalue weighted by atomic mass is 32.2. The fourth-order valence-corrected chi connectivity index (χ4v) is 8.84. The first-order chi connectivity index (χ1) is 28.3. The zero-order valence-electron chi connectivity index (χ0n) is 35.1. The number of carbonyl (C=O) groups is 4. The molecule has 2 aliphatic heterocycles. The van der Waals surface area contributed by atoms with E-state index in [1.54, 1.807) is 12.1 Å². The van der Waals surface area contributed by atoms with E-state index in [0.717, 1.165) is 53.7 Å². The molecule has 14 heteroatoms. The zero-order valence-corrected chi connectivity index (χ0v) is 35.9. The number of anilines is 1. The molecule has 5 rings (SSSR count). The average Bonchev–Trinajstić information content (AvgIpc) is 3.72. The number of likely N-dealkylation sites (tertiary alicyclic amines) is 1. The van der Waals surface area contributed by atoms with Crippen molar-refractivity contribution in [3.63, 3.8) is 0 Å². The smallest absolute Gasteiger partial charge is 0.267 e. The zero-order chi connectivity index (χ0) is 42.7. The highest BCUT2D eigenvalue weighted by Gasteiger charge is 2.38. The number of nitrogens with zero attached hydrogens (tertiary/aromatic N) is 3. The van der Waals surface area contributed by atoms with Crippen molar-refractivity contribution in [2.24, 2.45) is 0 Å². The number of fused-ring (bicyclic) bond motifs is 2. The summed E-state index contributed by atoms with van der Waals surface area (Å²) in [6.45, 7) is 14.4. The van der Waals surface area contributed by atoms with Crippen molar-refractivity contribution >= 4 is 50.3 Å². The van der Waals surface area contributed by atoms with Gasteiger partial charge < -0.3 is 24.9 Å². The molecule has 0 saturated carbocycles. The largest absolute Gasteiger partial charge is 0.456 e. The fourth-order valence-electron chi connectivity index (χ4n) is 8.15. The fraction of sp³-hybridized carbons (Fsp3) is 0.489. The van der Waals surface area contributed by atoms with Crippen molar-refractivity contribution in [3.8, 4) is 22.5 Å². The van der Waals surface area contributed by atoms with Gasteiger partial charge in [0.2, 0.25) is 17.2 Å². The highest BCUT2D eigenvalue weighted by molar-refractivity contribution is 7.85. The molecule has 0 bridgehead atoms. The quantitative estimate of drug-likeness (QED) is 0.0426. The second-order valence-electron chi connectivity index (χ2n) is 15.0. The molecule has 2 heterocycles. The van der Waals surface area contributed by atoms with Gasteiger partial charge in [-0.3, -0.25) is 23.7 Å². The van der Waals surface area contributed by atoms with Crippen molar-refractivity contribution < 1.29 is 36.6 Å². The van der Waals surface area contributed by atoms with Crippen LogP contribution in [0.15, 0.2) is 65.1 Å². The van der Waals surface area contributed by atoms with Crippen LogP contribution in [0.1, 0.15) is 96.3 Å². The summed E-state index contributed by atoms with van der Waals surface area (Å²) >= 11 is 0. The first kappa shape index (κ1) is 45.0. The average molecular weight is 831 g/mol. The highest BCUT2D eigenvalue weighted by Crippen LogP contribution is 2.42. The Kier molecular flexibility index (Phi) is 15.8. The molecule has 0 spiro atoms. The number of ketones is 1. The summed E-state index contributed by atoms with van der Waals surface area (Å²) < 4.78 is 42.6. The van der Waals surface area contributed by atoms with Crippen LogP contribution in [0, 0.1) is 0 Å². The molecule has 3 N–H and O–H groups in total. The van der Waals surface area contributed by atoms with Crippen LogP contribution in [0.5, 0.6) is 0 Å². The summed E-state index contributed by atoms with van der Waals surface area (Å²) in [5, 5.41) is 7.17. The number of carbonyl (C=O) groups excluding carboxylic acids is 4. The molecule has 1 aliphatic carbocycles. The molecular formula is C45H60N5O8S+. The number of benzene rings is 3. The van der Waals surface area contributed by atoms with Crippen LogP contribution in [-0.2, 0) is 24.5 Å². The van der Waals surface area contributed by atoms with E-state index in [1.165, 1.54) is 4.90 Å². The van der Waals surface area contributed by atoms with Gasteiger partial charge in [-0.1, -0.05) is 31.0 Å². The maximum Gasteiger partial charge on any atom is 0.267 e. The van der Waals surface area contributed by atoms with E-state index in [1.807, 2.05) is 43.3 Å². The molecule has 2 aromatic carbocycles. The van der Waals surface area contributed by atoms with Gasteiger partial charge >= 0.3 is 0 Å². The van der Waals surface area contributed by atoms with Gasteiger partial charge in [0.1, 0.15) is 42.3 Å². The van der Waals surface area contributed by atoms with Gasteiger partial charge in [-0.2, -0.15) is 8.42 Å². The van der Waals surface area contributed by atoms with Gasteiger partial charge in [-0.05, 0) is 90.1 Å². The minimum atomic E-state index is -4.63. The molecule has 2 aromatic rings. The molecule has 0 aromatic heterocycles. The van der Waals surface area contributed by atoms with Crippen molar-refractivity contribution in [1.82, 2.24) is 20.1 Å². The Morgan fingerprint density at radius 3 is 2.29 bits per heavy atom. The lowest BCUT2D eigenvalue weighted by atomic mass is 9.90. The molecule has 2 atom stereocenters. The summed E-state index contributed by atoms with van der Waals surface area (Å²) in [5.41, 5.74) is 4.40. The Labute approximate surface area is 347 Å². The molecule has 3 amide bonds. The maximum absolute atomic E-state index is 14.7. The first-order valence-electron chi connectivity index (χ1n) is 21.1. The molecule has 318 valence electrons. The van der Waals surface area contributed by atoms with Gasteiger partial charge in [0.05, 0.1) is 6.07 Å². The number of Topliss-reactive ketones (excluding diaryl/α,β-unsaturated/α-hetero) is 1. The molecule has 59 heavy (non-hydrogen) atoms. The minimum Gasteiger partial charge on any atom is -0.456 e. The summed E-state index contributed by atoms with van der Waals surface area (Å²) in [5.74, 6) is -1.88. The van der Waals surface area contributed by atoms with Crippen LogP contribution >= 0.6 is 0 Å². The van der Waals surface area contributed by atoms with Crippen LogP contribution in [0.25, 0.3) is 33.4 Å². The lowest BCUT2D eigenvalue weighted by molar-refractivity contribution is -0.129. The van der Waals surface area contributed by atoms with Crippen LogP contribution in [0.2, 0.25) is 0 Å². The molecule has 13 nitrogen and oxygen atoms in total. The Morgan fingerprint density at radius 2 is 1.61 bits per heavy atom. The Balaban J connectivity index is 1.45. The SMILES string of the molecule is CCNC(=O)CCCCCCC(=O)C(CS(=O)(=O)O)NC(=O)C1CCCN1C(=O)c1ccccc1-c1c2ccc(=[N+](CC)CC)cc-2oc2cc(N(CC)CC)ccc12. The predicted octanol–water partition coefficient (Wildman–Crippen LogP) is 5.89. The Bertz CT molecular complexity index is 2280. The van der Waals surface area contributed by atoms with E-state index >= 15 is 0 Å². The molecule has 3 aliphatic rings. The van der Waals surface area contributed by atoms with E-state index in [9.17, 15) is 32.1 Å². The number of unbranched alkanes of at least 4 members (excludes halogenated alkanes) is 3. The molecule has 1 fully saturated rings. The summed E-state index contributed by atoms with van der Waals surface area (Å²) in [6, 6.07) is 17.2. The summed E-state index contributed by atoms with van der Waals surface area (Å²) in [4.78, 5) is 57.4. The third kappa shape index (κ3) is 11.2. The van der Waals surface area contributed by atoms with Crippen LogP contribution in [0.4, 0.5) is 5.69 Å². The number of amides is 3. The lowest BCUT2D eigenvalue weighted by Crippen LogP contribution is -2.52. The molecular weight excluding hydrogens is 771 g/mol. The Morgan fingerprint density at radius 1 is 0.898 bits per heavy atom. The molecule has 2 unspecified atom stereocenters. The number of nitrogens with one attached hydrogen (secondary N) is 2. The van der Waals surface area contributed by atoms with E-state index in [2.05, 4.69) is 59.9 Å². The van der Waals surface area contributed by atoms with E-state index < -0.39 is 39.6 Å². The third-order valence-corrected chi connectivity index (χ3v) is 12.0. The maximum atomic E-state index is 14.7. The van der Waals surface area contributed by atoms with Crippen LogP contribution in [0.3, 0.4) is 0 Å². The number of hydrogen-bond acceptors (Lipinski definition) is 8. The van der Waals surface area contributed by atoms with Crippen molar-refractivity contribution in [2.75, 3.05) is 49.9 Å². The summed E-state index contributed by atoms with van der Waals surface area (Å²) in [6.07, 6.45) is 3.64. The second kappa shape index (κ2) is 20.7. The predicted molar refractivity (Wildman–Crippen MR) is 232 cm³/mol. The molecule has 0 radical (unpaired) electrons. The van der Waals surface area contributed by atoms with Crippen LogP contribution in [-0.4, -0.2) is 98.5 Å². The van der Waals surface area contributed by atoms with Gasteiger partial charge in [0, 0.05) is 78.9 Å². The monoisotopic (exact) mass is 830 g/mol. The topological polar surface area (TPSA) is 169 Å². The van der Waals surface area contributed by atoms with Crippen molar-refractivity contribution in [3.05, 3.63) is 71.6 Å². The number of rotatable bonds is 20. The van der Waals surface area contributed by atoms with Gasteiger partial charge in [-0.25, -0.2) is 4.58 Å². The molecule has 1 saturated heterocycles. The van der Waals surface area contributed by atoms with Gasteiger partial charge in [0.15, 0.2) is 5.78 Å². The normalized spacial score (nSPS) is 14.7. The van der Waals surface area contributed by atoms with Crippen molar-refractivity contribution in [2.45, 2.75) is 98.1 Å². The third-order valence-electron chi connectivity index (χ3n) is 11.2. The standard InChI is InChI=1S/C45H59N5O8S/c1-6-46-42(52)22-14-12-11-13-21-39(51)37(30-59(55,56)57)47-44(53)38-20-17-27-50(38)45(54)34-19-16-15-18-33(34)43-35-25-23-31(48(7-2)8-3)28-40(35)58-41-29-32(24-26-36(41)43)49(9-4)10-5/h15-16,18-19,23-26,28-29,37-38H,6-14,17,20-22,27,30H2,1-5H3,(H2-,46,47,52,53,55,56,57)/p+1. The second-order valence-corrected chi connectivity index (χ2v) is 16.5. The minimum absolute atomic E-state index is 0.0135.